The van der Waals surface area contributed by atoms with Crippen LogP contribution in [0.2, 0.25) is 5.02 Å². The number of anilines is 1. The average molecular weight is 389 g/mol. The SMILES string of the molecule is O=C(Nc1cccc(Cl)c1)N1CCC[C@@H](c2nnc(-c3ccsc3)o2)C1. The molecular formula is C18H17ClN4O2S. The van der Waals surface area contributed by atoms with E-state index < -0.39 is 0 Å². The number of benzene rings is 1. The second-order valence-electron chi connectivity index (χ2n) is 6.18. The first-order chi connectivity index (χ1) is 12.7. The lowest BCUT2D eigenvalue weighted by Gasteiger charge is -2.31. The molecule has 1 N–H and O–H groups in total. The van der Waals surface area contributed by atoms with E-state index in [4.69, 9.17) is 16.0 Å². The van der Waals surface area contributed by atoms with E-state index in [9.17, 15) is 4.79 Å². The molecule has 1 atom stereocenters. The molecule has 0 aliphatic carbocycles. The van der Waals surface area contributed by atoms with Crippen molar-refractivity contribution in [2.45, 2.75) is 18.8 Å². The molecule has 6 nitrogen and oxygen atoms in total. The monoisotopic (exact) mass is 388 g/mol. The molecule has 1 saturated heterocycles. The van der Waals surface area contributed by atoms with Gasteiger partial charge in [-0.1, -0.05) is 17.7 Å². The molecule has 2 amide bonds. The van der Waals surface area contributed by atoms with Gasteiger partial charge in [0.2, 0.25) is 11.8 Å². The maximum Gasteiger partial charge on any atom is 0.321 e. The summed E-state index contributed by atoms with van der Waals surface area (Å²) < 4.78 is 5.84. The van der Waals surface area contributed by atoms with Crippen molar-refractivity contribution in [1.29, 1.82) is 0 Å². The van der Waals surface area contributed by atoms with Gasteiger partial charge < -0.3 is 14.6 Å². The van der Waals surface area contributed by atoms with Crippen molar-refractivity contribution < 1.29 is 9.21 Å². The minimum atomic E-state index is -0.144. The topological polar surface area (TPSA) is 71.3 Å². The number of carbonyl (C=O) groups excluding carboxylic acids is 1. The van der Waals surface area contributed by atoms with Crippen molar-refractivity contribution in [3.05, 3.63) is 52.0 Å². The van der Waals surface area contributed by atoms with E-state index in [0.29, 0.717) is 35.6 Å². The Morgan fingerprint density at radius 1 is 1.35 bits per heavy atom. The zero-order valence-corrected chi connectivity index (χ0v) is 15.5. The van der Waals surface area contributed by atoms with Crippen molar-refractivity contribution in [3.63, 3.8) is 0 Å². The maximum atomic E-state index is 12.6. The van der Waals surface area contributed by atoms with Gasteiger partial charge in [-0.3, -0.25) is 0 Å². The van der Waals surface area contributed by atoms with Crippen LogP contribution in [0.25, 0.3) is 11.5 Å². The van der Waals surface area contributed by atoms with E-state index in [1.54, 1.807) is 34.4 Å². The van der Waals surface area contributed by atoms with Gasteiger partial charge in [-0.25, -0.2) is 4.79 Å². The fourth-order valence-electron chi connectivity index (χ4n) is 3.03. The third-order valence-corrected chi connectivity index (χ3v) is 5.26. The van der Waals surface area contributed by atoms with Crippen LogP contribution in [0.1, 0.15) is 24.7 Å². The molecule has 1 aliphatic heterocycles. The first-order valence-corrected chi connectivity index (χ1v) is 9.68. The predicted molar refractivity (Wildman–Crippen MR) is 102 cm³/mol. The molecule has 1 fully saturated rings. The summed E-state index contributed by atoms with van der Waals surface area (Å²) >= 11 is 7.56. The number of aromatic nitrogens is 2. The summed E-state index contributed by atoms with van der Waals surface area (Å²) in [4.78, 5) is 14.3. The highest BCUT2D eigenvalue weighted by molar-refractivity contribution is 7.08. The molecule has 4 rings (SSSR count). The molecule has 26 heavy (non-hydrogen) atoms. The van der Waals surface area contributed by atoms with Crippen LogP contribution in [0.3, 0.4) is 0 Å². The van der Waals surface area contributed by atoms with Gasteiger partial charge in [0, 0.05) is 34.7 Å². The molecule has 0 bridgehead atoms. The van der Waals surface area contributed by atoms with E-state index in [-0.39, 0.29) is 11.9 Å². The van der Waals surface area contributed by atoms with Crippen molar-refractivity contribution in [2.24, 2.45) is 0 Å². The number of thiophene rings is 1. The molecule has 8 heteroatoms. The van der Waals surface area contributed by atoms with Crippen LogP contribution in [0.5, 0.6) is 0 Å². The summed E-state index contributed by atoms with van der Waals surface area (Å²) in [7, 11) is 0. The number of carbonyl (C=O) groups is 1. The Balaban J connectivity index is 1.43. The zero-order valence-electron chi connectivity index (χ0n) is 13.9. The smallest absolute Gasteiger partial charge is 0.321 e. The minimum absolute atomic E-state index is 0.0498. The van der Waals surface area contributed by atoms with Crippen LogP contribution in [0.4, 0.5) is 10.5 Å². The second kappa shape index (κ2) is 7.47. The van der Waals surface area contributed by atoms with E-state index in [2.05, 4.69) is 15.5 Å². The molecular weight excluding hydrogens is 372 g/mol. The summed E-state index contributed by atoms with van der Waals surface area (Å²) in [6, 6.07) is 8.93. The third-order valence-electron chi connectivity index (χ3n) is 4.34. The minimum Gasteiger partial charge on any atom is -0.420 e. The Hall–Kier alpha value is -2.38. The molecule has 0 saturated carbocycles. The molecule has 1 aliphatic rings. The van der Waals surface area contributed by atoms with Gasteiger partial charge in [0.15, 0.2) is 0 Å². The summed E-state index contributed by atoms with van der Waals surface area (Å²) in [6.07, 6.45) is 1.82. The normalized spacial score (nSPS) is 17.3. The quantitative estimate of drug-likeness (QED) is 0.695. The van der Waals surface area contributed by atoms with Crippen LogP contribution < -0.4 is 5.32 Å². The first kappa shape index (κ1) is 17.1. The van der Waals surface area contributed by atoms with Gasteiger partial charge in [-0.15, -0.1) is 10.2 Å². The second-order valence-corrected chi connectivity index (χ2v) is 7.40. The van der Waals surface area contributed by atoms with Gasteiger partial charge in [0.25, 0.3) is 0 Å². The summed E-state index contributed by atoms with van der Waals surface area (Å²) in [5, 5.41) is 15.8. The van der Waals surface area contributed by atoms with Crippen molar-refractivity contribution in [3.8, 4) is 11.5 Å². The fraction of sp³-hybridized carbons (Fsp3) is 0.278. The van der Waals surface area contributed by atoms with Crippen LogP contribution >= 0.6 is 22.9 Å². The molecule has 2 aromatic heterocycles. The number of urea groups is 1. The van der Waals surface area contributed by atoms with Crippen LogP contribution in [0.15, 0.2) is 45.5 Å². The number of rotatable bonds is 3. The van der Waals surface area contributed by atoms with Crippen LogP contribution in [0, 0.1) is 0 Å². The largest absolute Gasteiger partial charge is 0.420 e. The van der Waals surface area contributed by atoms with Crippen LogP contribution in [-0.4, -0.2) is 34.2 Å². The van der Waals surface area contributed by atoms with Gasteiger partial charge in [-0.05, 0) is 42.5 Å². The number of piperidine rings is 1. The van der Waals surface area contributed by atoms with Gasteiger partial charge in [0.1, 0.15) is 0 Å². The maximum absolute atomic E-state index is 12.6. The number of amides is 2. The predicted octanol–water partition coefficient (Wildman–Crippen LogP) is 4.86. The highest BCUT2D eigenvalue weighted by atomic mass is 35.5. The Kier molecular flexibility index (Phi) is 4.90. The van der Waals surface area contributed by atoms with Crippen LogP contribution in [-0.2, 0) is 0 Å². The molecule has 0 spiro atoms. The number of nitrogens with one attached hydrogen (secondary N) is 1. The number of halogens is 1. The first-order valence-electron chi connectivity index (χ1n) is 8.36. The Morgan fingerprint density at radius 2 is 2.27 bits per heavy atom. The van der Waals surface area contributed by atoms with Crippen molar-refractivity contribution in [1.82, 2.24) is 15.1 Å². The van der Waals surface area contributed by atoms with E-state index in [1.807, 2.05) is 22.9 Å². The number of hydrogen-bond acceptors (Lipinski definition) is 5. The Bertz CT molecular complexity index is 896. The molecule has 1 aromatic carbocycles. The molecule has 134 valence electrons. The highest BCUT2D eigenvalue weighted by Gasteiger charge is 2.28. The molecule has 3 heterocycles. The Morgan fingerprint density at radius 3 is 3.08 bits per heavy atom. The summed E-state index contributed by atoms with van der Waals surface area (Å²) in [5.74, 6) is 1.17. The highest BCUT2D eigenvalue weighted by Crippen LogP contribution is 2.29. The van der Waals surface area contributed by atoms with Gasteiger partial charge in [0.05, 0.1) is 5.92 Å². The Labute approximate surface area is 159 Å². The number of nitrogens with zero attached hydrogens (tertiary/aromatic N) is 3. The van der Waals surface area contributed by atoms with Crippen molar-refractivity contribution in [2.75, 3.05) is 18.4 Å². The van der Waals surface area contributed by atoms with E-state index in [1.165, 1.54) is 0 Å². The standard InChI is InChI=1S/C18H17ClN4O2S/c19-14-4-1-5-15(9-14)20-18(24)23-7-2-3-12(10-23)16-21-22-17(25-16)13-6-8-26-11-13/h1,4-6,8-9,11-12H,2-3,7,10H2,(H,20,24)/t12-/m1/s1. The summed E-state index contributed by atoms with van der Waals surface area (Å²) in [6.45, 7) is 1.26. The lowest BCUT2D eigenvalue weighted by molar-refractivity contribution is 0.187. The fourth-order valence-corrected chi connectivity index (χ4v) is 3.85. The number of likely N-dealkylation sites (tertiary alicyclic amines) is 1. The summed E-state index contributed by atoms with van der Waals surface area (Å²) in [5.41, 5.74) is 1.61. The lowest BCUT2D eigenvalue weighted by atomic mass is 9.98. The van der Waals surface area contributed by atoms with E-state index >= 15 is 0 Å². The molecule has 0 radical (unpaired) electrons. The molecule has 3 aromatic rings. The third kappa shape index (κ3) is 3.73. The zero-order chi connectivity index (χ0) is 17.9. The van der Waals surface area contributed by atoms with Crippen molar-refractivity contribution >= 4 is 34.7 Å². The average Bonchev–Trinajstić information content (AvgIpc) is 3.33. The van der Waals surface area contributed by atoms with E-state index in [0.717, 1.165) is 18.4 Å². The van der Waals surface area contributed by atoms with Gasteiger partial charge >= 0.3 is 6.03 Å². The lowest BCUT2D eigenvalue weighted by Crippen LogP contribution is -2.41. The number of hydrogen-bond donors (Lipinski definition) is 1. The van der Waals surface area contributed by atoms with Gasteiger partial charge in [-0.2, -0.15) is 11.3 Å². The molecule has 0 unspecified atom stereocenters.